The lowest BCUT2D eigenvalue weighted by Crippen LogP contribution is -2.02. The van der Waals surface area contributed by atoms with Crippen LogP contribution in [-0.4, -0.2) is 9.55 Å². The first-order chi connectivity index (χ1) is 12.4. The molecular weight excluding hydrogens is 320 g/mol. The SMILES string of the molecule is CCC(CC)c1ccc(C)c2nc(Oc3c(C)cc(C)cc3C)n(C)c12. The van der Waals surface area contributed by atoms with Gasteiger partial charge in [-0.3, -0.25) is 4.57 Å². The maximum absolute atomic E-state index is 6.32. The zero-order chi connectivity index (χ0) is 19.0. The van der Waals surface area contributed by atoms with Crippen molar-refractivity contribution in [3.8, 4) is 11.8 Å². The summed E-state index contributed by atoms with van der Waals surface area (Å²) in [6, 6.07) is 9.44. The maximum Gasteiger partial charge on any atom is 0.302 e. The van der Waals surface area contributed by atoms with Crippen molar-refractivity contribution in [1.82, 2.24) is 9.55 Å². The summed E-state index contributed by atoms with van der Waals surface area (Å²) in [7, 11) is 2.06. The first-order valence-electron chi connectivity index (χ1n) is 9.58. The van der Waals surface area contributed by atoms with E-state index in [-0.39, 0.29) is 0 Å². The fourth-order valence-electron chi connectivity index (χ4n) is 4.02. The van der Waals surface area contributed by atoms with Crippen molar-refractivity contribution in [3.05, 3.63) is 52.1 Å². The molecule has 0 aliphatic rings. The van der Waals surface area contributed by atoms with Crippen LogP contribution in [0.25, 0.3) is 11.0 Å². The molecule has 0 saturated carbocycles. The summed E-state index contributed by atoms with van der Waals surface area (Å²) >= 11 is 0. The predicted octanol–water partition coefficient (Wildman–Crippen LogP) is 6.50. The molecule has 0 radical (unpaired) electrons. The van der Waals surface area contributed by atoms with Crippen molar-refractivity contribution < 1.29 is 4.74 Å². The summed E-state index contributed by atoms with van der Waals surface area (Å²) in [5.41, 5.74) is 8.36. The number of hydrogen-bond donors (Lipinski definition) is 0. The van der Waals surface area contributed by atoms with Crippen LogP contribution in [-0.2, 0) is 7.05 Å². The molecule has 0 fully saturated rings. The van der Waals surface area contributed by atoms with Gasteiger partial charge in [0.2, 0.25) is 0 Å². The fourth-order valence-corrected chi connectivity index (χ4v) is 4.02. The summed E-state index contributed by atoms with van der Waals surface area (Å²) < 4.78 is 8.44. The van der Waals surface area contributed by atoms with Crippen molar-refractivity contribution >= 4 is 11.0 Å². The fraction of sp³-hybridized carbons (Fsp3) is 0.435. The number of ether oxygens (including phenoxy) is 1. The second-order valence-electron chi connectivity index (χ2n) is 7.47. The Balaban J connectivity index is 2.16. The number of imidazole rings is 1. The molecule has 3 heteroatoms. The standard InChI is InChI=1S/C23H30N2O/c1-8-18(9-2)19-11-10-15(4)20-21(19)25(7)23(24-20)26-22-16(5)12-14(3)13-17(22)6/h10-13,18H,8-9H2,1-7H3. The summed E-state index contributed by atoms with van der Waals surface area (Å²) in [4.78, 5) is 4.86. The van der Waals surface area contributed by atoms with Gasteiger partial charge in [0.05, 0.1) is 11.0 Å². The van der Waals surface area contributed by atoms with E-state index in [1.807, 2.05) is 0 Å². The third-order valence-electron chi connectivity index (χ3n) is 5.44. The summed E-state index contributed by atoms with van der Waals surface area (Å²) in [5, 5.41) is 0. The van der Waals surface area contributed by atoms with E-state index in [4.69, 9.17) is 9.72 Å². The summed E-state index contributed by atoms with van der Waals surface area (Å²) in [6.07, 6.45) is 2.26. The molecule has 1 heterocycles. The zero-order valence-electron chi connectivity index (χ0n) is 17.1. The molecule has 0 aliphatic heterocycles. The monoisotopic (exact) mass is 350 g/mol. The van der Waals surface area contributed by atoms with E-state index in [0.29, 0.717) is 11.9 Å². The summed E-state index contributed by atoms with van der Waals surface area (Å²) in [6.45, 7) is 12.9. The lowest BCUT2D eigenvalue weighted by atomic mass is 9.92. The highest BCUT2D eigenvalue weighted by Gasteiger charge is 2.20. The number of aryl methyl sites for hydroxylation is 5. The van der Waals surface area contributed by atoms with Crippen molar-refractivity contribution in [3.63, 3.8) is 0 Å². The van der Waals surface area contributed by atoms with E-state index in [9.17, 15) is 0 Å². The number of nitrogens with zero attached hydrogens (tertiary/aromatic N) is 2. The van der Waals surface area contributed by atoms with Gasteiger partial charge in [-0.05, 0) is 68.7 Å². The van der Waals surface area contributed by atoms with Gasteiger partial charge in [0.15, 0.2) is 0 Å². The van der Waals surface area contributed by atoms with Crippen molar-refractivity contribution in [2.24, 2.45) is 7.05 Å². The molecule has 3 nitrogen and oxygen atoms in total. The topological polar surface area (TPSA) is 27.1 Å². The Morgan fingerprint density at radius 1 is 0.962 bits per heavy atom. The van der Waals surface area contributed by atoms with Crippen LogP contribution >= 0.6 is 0 Å². The molecule has 0 saturated heterocycles. The number of fused-ring (bicyclic) bond motifs is 1. The molecule has 0 spiro atoms. The first kappa shape index (κ1) is 18.5. The molecule has 0 bridgehead atoms. The minimum atomic E-state index is 0.546. The van der Waals surface area contributed by atoms with E-state index >= 15 is 0 Å². The van der Waals surface area contributed by atoms with Gasteiger partial charge in [0.25, 0.3) is 0 Å². The van der Waals surface area contributed by atoms with Gasteiger partial charge in [0, 0.05) is 7.05 Å². The molecule has 0 aliphatic carbocycles. The van der Waals surface area contributed by atoms with Gasteiger partial charge < -0.3 is 4.74 Å². The van der Waals surface area contributed by atoms with E-state index in [0.717, 1.165) is 35.2 Å². The van der Waals surface area contributed by atoms with E-state index in [2.05, 4.69) is 77.4 Å². The quantitative estimate of drug-likeness (QED) is 0.525. The average Bonchev–Trinajstić information content (AvgIpc) is 2.92. The van der Waals surface area contributed by atoms with Crippen LogP contribution < -0.4 is 4.74 Å². The van der Waals surface area contributed by atoms with E-state index in [1.54, 1.807) is 0 Å². The van der Waals surface area contributed by atoms with Crippen molar-refractivity contribution in [2.75, 3.05) is 0 Å². The number of benzene rings is 2. The Morgan fingerprint density at radius 3 is 2.15 bits per heavy atom. The van der Waals surface area contributed by atoms with Gasteiger partial charge in [-0.25, -0.2) is 0 Å². The normalized spacial score (nSPS) is 11.5. The molecule has 0 atom stereocenters. The number of hydrogen-bond acceptors (Lipinski definition) is 2. The third-order valence-corrected chi connectivity index (χ3v) is 5.44. The molecule has 3 rings (SSSR count). The van der Waals surface area contributed by atoms with Crippen LogP contribution in [0, 0.1) is 27.7 Å². The van der Waals surface area contributed by atoms with Gasteiger partial charge >= 0.3 is 6.01 Å². The van der Waals surface area contributed by atoms with Gasteiger partial charge in [-0.1, -0.05) is 43.7 Å². The Labute approximate surface area is 157 Å². The molecule has 26 heavy (non-hydrogen) atoms. The van der Waals surface area contributed by atoms with Crippen LogP contribution in [0.1, 0.15) is 60.4 Å². The highest BCUT2D eigenvalue weighted by molar-refractivity contribution is 5.84. The minimum absolute atomic E-state index is 0.546. The molecule has 0 amide bonds. The average molecular weight is 351 g/mol. The Bertz CT molecular complexity index is 925. The van der Waals surface area contributed by atoms with Crippen LogP contribution in [0.15, 0.2) is 24.3 Å². The zero-order valence-corrected chi connectivity index (χ0v) is 17.1. The second-order valence-corrected chi connectivity index (χ2v) is 7.47. The maximum atomic E-state index is 6.32. The van der Waals surface area contributed by atoms with E-state index in [1.165, 1.54) is 22.2 Å². The number of rotatable bonds is 5. The predicted molar refractivity (Wildman–Crippen MR) is 110 cm³/mol. The Morgan fingerprint density at radius 2 is 1.58 bits per heavy atom. The van der Waals surface area contributed by atoms with Gasteiger partial charge in [-0.15, -0.1) is 0 Å². The largest absolute Gasteiger partial charge is 0.425 e. The van der Waals surface area contributed by atoms with E-state index < -0.39 is 0 Å². The minimum Gasteiger partial charge on any atom is -0.425 e. The second kappa shape index (κ2) is 7.14. The highest BCUT2D eigenvalue weighted by atomic mass is 16.5. The Hall–Kier alpha value is -2.29. The van der Waals surface area contributed by atoms with Crippen LogP contribution in [0.3, 0.4) is 0 Å². The van der Waals surface area contributed by atoms with Crippen LogP contribution in [0.5, 0.6) is 11.8 Å². The van der Waals surface area contributed by atoms with Crippen LogP contribution in [0.4, 0.5) is 0 Å². The smallest absolute Gasteiger partial charge is 0.302 e. The highest BCUT2D eigenvalue weighted by Crippen LogP contribution is 2.36. The lowest BCUT2D eigenvalue weighted by Gasteiger charge is -2.16. The first-order valence-corrected chi connectivity index (χ1v) is 9.58. The number of aromatic nitrogens is 2. The van der Waals surface area contributed by atoms with Crippen molar-refractivity contribution in [1.29, 1.82) is 0 Å². The van der Waals surface area contributed by atoms with Gasteiger partial charge in [-0.2, -0.15) is 4.98 Å². The Kier molecular flexibility index (Phi) is 5.08. The summed E-state index contributed by atoms with van der Waals surface area (Å²) in [5.74, 6) is 1.46. The lowest BCUT2D eigenvalue weighted by molar-refractivity contribution is 0.421. The molecule has 0 N–H and O–H groups in total. The third kappa shape index (κ3) is 3.11. The molecule has 3 aromatic rings. The molecular formula is C23H30N2O. The molecule has 138 valence electrons. The molecule has 1 aromatic heterocycles. The van der Waals surface area contributed by atoms with Crippen molar-refractivity contribution in [2.45, 2.75) is 60.3 Å². The molecule has 0 unspecified atom stereocenters. The molecule has 2 aromatic carbocycles. The van der Waals surface area contributed by atoms with Gasteiger partial charge in [0.1, 0.15) is 5.75 Å². The van der Waals surface area contributed by atoms with Crippen LogP contribution in [0.2, 0.25) is 0 Å².